The Bertz CT molecular complexity index is 317. The zero-order valence-electron chi connectivity index (χ0n) is 6.46. The van der Waals surface area contributed by atoms with Crippen molar-refractivity contribution < 1.29 is 9.59 Å². The van der Waals surface area contributed by atoms with Crippen LogP contribution in [0.3, 0.4) is 0 Å². The molecule has 0 saturated heterocycles. The van der Waals surface area contributed by atoms with E-state index in [0.29, 0.717) is 9.21 Å². The predicted octanol–water partition coefficient (Wildman–Crippen LogP) is 2.56. The number of thiophene rings is 1. The summed E-state index contributed by atoms with van der Waals surface area (Å²) in [5.41, 5.74) is 0. The Morgan fingerprint density at radius 2 is 2.17 bits per heavy atom. The number of carbonyl (C=O) groups excluding carboxylic acids is 2. The minimum Gasteiger partial charge on any atom is -0.290 e. The van der Waals surface area contributed by atoms with Crippen LogP contribution in [0.4, 0.5) is 0 Å². The number of hydrogen-bond donors (Lipinski definition) is 0. The molecule has 0 spiro atoms. The standard InChI is InChI=1S/C8H7ClO2S/c1-2-5(10)8(11)6-3-4-7(9)12-6/h3-4H,2H2,1H3. The summed E-state index contributed by atoms with van der Waals surface area (Å²) >= 11 is 6.74. The van der Waals surface area contributed by atoms with Crippen molar-refractivity contribution in [3.63, 3.8) is 0 Å². The van der Waals surface area contributed by atoms with Crippen molar-refractivity contribution in [3.8, 4) is 0 Å². The van der Waals surface area contributed by atoms with Gasteiger partial charge in [-0.3, -0.25) is 9.59 Å². The van der Waals surface area contributed by atoms with Gasteiger partial charge in [0, 0.05) is 6.42 Å². The molecule has 0 amide bonds. The fourth-order valence-corrected chi connectivity index (χ4v) is 1.74. The number of halogens is 1. The minimum atomic E-state index is -0.436. The molecule has 0 saturated carbocycles. The van der Waals surface area contributed by atoms with Crippen LogP contribution >= 0.6 is 22.9 Å². The zero-order valence-corrected chi connectivity index (χ0v) is 8.04. The van der Waals surface area contributed by atoms with Gasteiger partial charge in [0.15, 0.2) is 0 Å². The smallest absolute Gasteiger partial charge is 0.238 e. The van der Waals surface area contributed by atoms with Gasteiger partial charge in [0.25, 0.3) is 0 Å². The van der Waals surface area contributed by atoms with Gasteiger partial charge in [0.1, 0.15) is 0 Å². The first-order chi connectivity index (χ1) is 5.65. The number of rotatable bonds is 3. The Hall–Kier alpha value is -0.670. The highest BCUT2D eigenvalue weighted by Crippen LogP contribution is 2.22. The van der Waals surface area contributed by atoms with Gasteiger partial charge in [-0.2, -0.15) is 0 Å². The molecule has 0 aliphatic rings. The van der Waals surface area contributed by atoms with E-state index in [1.54, 1.807) is 19.1 Å². The molecule has 0 fully saturated rings. The summed E-state index contributed by atoms with van der Waals surface area (Å²) in [6, 6.07) is 3.19. The average Bonchev–Trinajstić information content (AvgIpc) is 2.49. The molecule has 0 atom stereocenters. The van der Waals surface area contributed by atoms with Gasteiger partial charge in [0.2, 0.25) is 11.6 Å². The largest absolute Gasteiger partial charge is 0.290 e. The van der Waals surface area contributed by atoms with Crippen LogP contribution < -0.4 is 0 Å². The van der Waals surface area contributed by atoms with Crippen LogP contribution in [0.2, 0.25) is 4.34 Å². The quantitative estimate of drug-likeness (QED) is 0.558. The van der Waals surface area contributed by atoms with E-state index in [2.05, 4.69) is 0 Å². The third-order valence-corrected chi connectivity index (χ3v) is 2.60. The third-order valence-electron chi connectivity index (χ3n) is 1.37. The van der Waals surface area contributed by atoms with Crippen LogP contribution in [0.15, 0.2) is 12.1 Å². The molecule has 0 radical (unpaired) electrons. The Labute approximate surface area is 79.2 Å². The Morgan fingerprint density at radius 3 is 2.58 bits per heavy atom. The molecule has 0 N–H and O–H groups in total. The fourth-order valence-electron chi connectivity index (χ4n) is 0.734. The second kappa shape index (κ2) is 3.83. The Kier molecular flexibility index (Phi) is 3.00. The van der Waals surface area contributed by atoms with E-state index in [9.17, 15) is 9.59 Å². The van der Waals surface area contributed by atoms with Crippen molar-refractivity contribution in [2.45, 2.75) is 13.3 Å². The molecule has 1 heterocycles. The number of ketones is 2. The maximum Gasteiger partial charge on any atom is 0.238 e. The molecule has 0 unspecified atom stereocenters. The van der Waals surface area contributed by atoms with Gasteiger partial charge in [-0.1, -0.05) is 18.5 Å². The topological polar surface area (TPSA) is 34.1 Å². The zero-order chi connectivity index (χ0) is 9.14. The minimum absolute atomic E-state index is 0.244. The molecule has 0 aromatic carbocycles. The van der Waals surface area contributed by atoms with Gasteiger partial charge in [-0.25, -0.2) is 0 Å². The molecule has 2 nitrogen and oxygen atoms in total. The maximum absolute atomic E-state index is 11.2. The first kappa shape index (κ1) is 9.42. The van der Waals surface area contributed by atoms with Crippen LogP contribution in [-0.2, 0) is 4.79 Å². The van der Waals surface area contributed by atoms with Gasteiger partial charge >= 0.3 is 0 Å². The molecular weight excluding hydrogens is 196 g/mol. The lowest BCUT2D eigenvalue weighted by molar-refractivity contribution is -0.114. The molecular formula is C8H7ClO2S. The summed E-state index contributed by atoms with van der Waals surface area (Å²) in [5.74, 6) is -0.803. The van der Waals surface area contributed by atoms with Crippen LogP contribution in [0, 0.1) is 0 Å². The summed E-state index contributed by atoms with van der Waals surface area (Å²) in [5, 5.41) is 0. The highest BCUT2D eigenvalue weighted by Gasteiger charge is 2.15. The maximum atomic E-state index is 11.2. The monoisotopic (exact) mass is 202 g/mol. The van der Waals surface area contributed by atoms with Gasteiger partial charge < -0.3 is 0 Å². The molecule has 64 valence electrons. The van der Waals surface area contributed by atoms with E-state index in [0.717, 1.165) is 11.3 Å². The first-order valence-corrected chi connectivity index (χ1v) is 4.67. The van der Waals surface area contributed by atoms with Crippen molar-refractivity contribution in [2.75, 3.05) is 0 Å². The Morgan fingerprint density at radius 1 is 1.50 bits per heavy atom. The number of hydrogen-bond acceptors (Lipinski definition) is 3. The van der Waals surface area contributed by atoms with Crippen molar-refractivity contribution >= 4 is 34.5 Å². The highest BCUT2D eigenvalue weighted by atomic mass is 35.5. The molecule has 1 rings (SSSR count). The van der Waals surface area contributed by atoms with Crippen molar-refractivity contribution in [3.05, 3.63) is 21.3 Å². The van der Waals surface area contributed by atoms with Crippen LogP contribution in [0.1, 0.15) is 23.0 Å². The first-order valence-electron chi connectivity index (χ1n) is 3.48. The lowest BCUT2D eigenvalue weighted by Gasteiger charge is -1.90. The van der Waals surface area contributed by atoms with Crippen molar-refractivity contribution in [1.29, 1.82) is 0 Å². The summed E-state index contributed by atoms with van der Waals surface area (Å²) in [7, 11) is 0. The molecule has 0 aliphatic heterocycles. The van der Waals surface area contributed by atoms with Crippen LogP contribution in [-0.4, -0.2) is 11.6 Å². The molecule has 4 heteroatoms. The molecule has 1 aromatic heterocycles. The lowest BCUT2D eigenvalue weighted by Crippen LogP contribution is -2.10. The summed E-state index contributed by atoms with van der Waals surface area (Å²) < 4.78 is 0.530. The van der Waals surface area contributed by atoms with E-state index < -0.39 is 5.78 Å². The molecule has 0 aliphatic carbocycles. The average molecular weight is 203 g/mol. The van der Waals surface area contributed by atoms with Gasteiger partial charge in [0.05, 0.1) is 9.21 Å². The second-order valence-corrected chi connectivity index (χ2v) is 3.92. The van der Waals surface area contributed by atoms with Gasteiger partial charge in [-0.15, -0.1) is 11.3 Å². The van der Waals surface area contributed by atoms with E-state index >= 15 is 0 Å². The summed E-state index contributed by atoms with van der Waals surface area (Å²) in [4.78, 5) is 22.5. The SMILES string of the molecule is CCC(=O)C(=O)c1ccc(Cl)s1. The van der Waals surface area contributed by atoms with E-state index in [1.165, 1.54) is 0 Å². The summed E-state index contributed by atoms with van der Waals surface area (Å²) in [6.07, 6.45) is 0.244. The molecule has 0 bridgehead atoms. The normalized spacial score (nSPS) is 9.83. The van der Waals surface area contributed by atoms with Gasteiger partial charge in [-0.05, 0) is 12.1 Å². The lowest BCUT2D eigenvalue weighted by atomic mass is 10.2. The molecule has 12 heavy (non-hydrogen) atoms. The number of Topliss-reactive ketones (excluding diaryl/α,β-unsaturated/α-hetero) is 2. The van der Waals surface area contributed by atoms with Crippen molar-refractivity contribution in [1.82, 2.24) is 0 Å². The van der Waals surface area contributed by atoms with E-state index in [-0.39, 0.29) is 12.2 Å². The van der Waals surface area contributed by atoms with Crippen molar-refractivity contribution in [2.24, 2.45) is 0 Å². The van der Waals surface area contributed by atoms with E-state index in [4.69, 9.17) is 11.6 Å². The highest BCUT2D eigenvalue weighted by molar-refractivity contribution is 7.18. The third kappa shape index (κ3) is 1.93. The Balaban J connectivity index is 2.85. The molecule has 1 aromatic rings. The second-order valence-electron chi connectivity index (χ2n) is 2.21. The number of carbonyl (C=O) groups is 2. The summed E-state index contributed by atoms with van der Waals surface area (Å²) in [6.45, 7) is 1.66. The fraction of sp³-hybridized carbons (Fsp3) is 0.250. The van der Waals surface area contributed by atoms with Crippen LogP contribution in [0.5, 0.6) is 0 Å². The predicted molar refractivity (Wildman–Crippen MR) is 49.0 cm³/mol. The van der Waals surface area contributed by atoms with Crippen LogP contribution in [0.25, 0.3) is 0 Å². The van der Waals surface area contributed by atoms with E-state index in [1.807, 2.05) is 0 Å².